The van der Waals surface area contributed by atoms with Gasteiger partial charge < -0.3 is 4.90 Å². The summed E-state index contributed by atoms with van der Waals surface area (Å²) in [7, 11) is 0. The Hall–Kier alpha value is -0.760. The van der Waals surface area contributed by atoms with Crippen LogP contribution in [-0.4, -0.2) is 17.1 Å². The molecule has 2 heterocycles. The fraction of sp³-hybridized carbons (Fsp3) is 0.615. The van der Waals surface area contributed by atoms with Crippen molar-refractivity contribution in [3.05, 3.63) is 23.4 Å². The zero-order valence-electron chi connectivity index (χ0n) is 10.3. The average Bonchev–Trinajstić information content (AvgIpc) is 2.58. The third-order valence-corrected chi connectivity index (χ3v) is 3.73. The van der Waals surface area contributed by atoms with Crippen LogP contribution in [0.2, 0.25) is 0 Å². The van der Waals surface area contributed by atoms with Crippen LogP contribution in [0.3, 0.4) is 0 Å². The zero-order chi connectivity index (χ0) is 11.8. The van der Waals surface area contributed by atoms with Gasteiger partial charge in [-0.15, -0.1) is 11.6 Å². The molecule has 1 aliphatic rings. The molecule has 3 heteroatoms. The SMILES string of the molecule is Cc1cc(CCl)cnc1N1CCCC1(C)C. The summed E-state index contributed by atoms with van der Waals surface area (Å²) >= 11 is 5.81. The van der Waals surface area contributed by atoms with Crippen molar-refractivity contribution in [3.8, 4) is 0 Å². The Bertz CT molecular complexity index is 388. The van der Waals surface area contributed by atoms with Gasteiger partial charge in [0, 0.05) is 24.2 Å². The molecule has 0 spiro atoms. The molecule has 0 amide bonds. The molecule has 16 heavy (non-hydrogen) atoms. The van der Waals surface area contributed by atoms with Crippen LogP contribution in [0.5, 0.6) is 0 Å². The standard InChI is InChI=1S/C13H19ClN2/c1-10-7-11(8-14)9-15-12(10)16-6-4-5-13(16,2)3/h7,9H,4-6,8H2,1-3H3. The number of aryl methyl sites for hydroxylation is 1. The third kappa shape index (κ3) is 2.03. The van der Waals surface area contributed by atoms with Crippen LogP contribution in [0, 0.1) is 6.92 Å². The van der Waals surface area contributed by atoms with Crippen molar-refractivity contribution in [2.45, 2.75) is 45.0 Å². The van der Waals surface area contributed by atoms with Gasteiger partial charge in [-0.2, -0.15) is 0 Å². The van der Waals surface area contributed by atoms with Gasteiger partial charge in [-0.1, -0.05) is 0 Å². The molecule has 0 atom stereocenters. The van der Waals surface area contributed by atoms with Crippen LogP contribution >= 0.6 is 11.6 Å². The highest BCUT2D eigenvalue weighted by atomic mass is 35.5. The van der Waals surface area contributed by atoms with Gasteiger partial charge in [-0.3, -0.25) is 0 Å². The lowest BCUT2D eigenvalue weighted by molar-refractivity contribution is 0.513. The second-order valence-corrected chi connectivity index (χ2v) is 5.45. The molecule has 1 fully saturated rings. The molecule has 1 saturated heterocycles. The Morgan fingerprint density at radius 3 is 2.75 bits per heavy atom. The van der Waals surface area contributed by atoms with E-state index < -0.39 is 0 Å². The molecule has 0 unspecified atom stereocenters. The number of pyridine rings is 1. The highest BCUT2D eigenvalue weighted by Crippen LogP contribution is 2.34. The summed E-state index contributed by atoms with van der Waals surface area (Å²) in [5, 5.41) is 0. The molecule has 0 aliphatic carbocycles. The van der Waals surface area contributed by atoms with Crippen molar-refractivity contribution < 1.29 is 0 Å². The van der Waals surface area contributed by atoms with Crippen LogP contribution in [0.25, 0.3) is 0 Å². The highest BCUT2D eigenvalue weighted by molar-refractivity contribution is 6.17. The van der Waals surface area contributed by atoms with E-state index in [0.29, 0.717) is 5.88 Å². The summed E-state index contributed by atoms with van der Waals surface area (Å²) in [6, 6.07) is 2.14. The van der Waals surface area contributed by atoms with Crippen LogP contribution in [0.15, 0.2) is 12.3 Å². The Kier molecular flexibility index (Phi) is 3.11. The Morgan fingerprint density at radius 2 is 2.25 bits per heavy atom. The molecular formula is C13H19ClN2. The van der Waals surface area contributed by atoms with Gasteiger partial charge in [0.1, 0.15) is 5.82 Å². The fourth-order valence-corrected chi connectivity index (χ4v) is 2.63. The lowest BCUT2D eigenvalue weighted by Crippen LogP contribution is -2.39. The van der Waals surface area contributed by atoms with Crippen molar-refractivity contribution in [1.82, 2.24) is 4.98 Å². The fourth-order valence-electron chi connectivity index (χ4n) is 2.48. The minimum atomic E-state index is 0.236. The number of hydrogen-bond donors (Lipinski definition) is 0. The molecule has 2 rings (SSSR count). The largest absolute Gasteiger partial charge is 0.351 e. The zero-order valence-corrected chi connectivity index (χ0v) is 11.0. The maximum Gasteiger partial charge on any atom is 0.131 e. The summed E-state index contributed by atoms with van der Waals surface area (Å²) in [6.45, 7) is 7.81. The molecule has 0 bridgehead atoms. The molecule has 0 aromatic carbocycles. The number of rotatable bonds is 2. The molecule has 0 radical (unpaired) electrons. The summed E-state index contributed by atoms with van der Waals surface area (Å²) in [5.41, 5.74) is 2.56. The molecule has 2 nitrogen and oxygen atoms in total. The summed E-state index contributed by atoms with van der Waals surface area (Å²) < 4.78 is 0. The summed E-state index contributed by atoms with van der Waals surface area (Å²) in [5.74, 6) is 1.66. The highest BCUT2D eigenvalue weighted by Gasteiger charge is 2.33. The van der Waals surface area contributed by atoms with Crippen molar-refractivity contribution in [2.24, 2.45) is 0 Å². The minimum absolute atomic E-state index is 0.236. The number of hydrogen-bond acceptors (Lipinski definition) is 2. The quantitative estimate of drug-likeness (QED) is 0.733. The number of alkyl halides is 1. The van der Waals surface area contributed by atoms with Crippen LogP contribution in [0.4, 0.5) is 5.82 Å². The van der Waals surface area contributed by atoms with Crippen molar-refractivity contribution in [1.29, 1.82) is 0 Å². The first-order valence-corrected chi connectivity index (χ1v) is 6.37. The van der Waals surface area contributed by atoms with Gasteiger partial charge >= 0.3 is 0 Å². The maximum atomic E-state index is 5.81. The number of halogens is 1. The molecule has 88 valence electrons. The average molecular weight is 239 g/mol. The van der Waals surface area contributed by atoms with E-state index in [1.54, 1.807) is 0 Å². The molecule has 1 aromatic rings. The topological polar surface area (TPSA) is 16.1 Å². The lowest BCUT2D eigenvalue weighted by Gasteiger charge is -2.33. The van der Waals surface area contributed by atoms with Crippen molar-refractivity contribution in [2.75, 3.05) is 11.4 Å². The predicted octanol–water partition coefficient (Wildman–Crippen LogP) is 3.51. The van der Waals surface area contributed by atoms with Crippen molar-refractivity contribution in [3.63, 3.8) is 0 Å². The van der Waals surface area contributed by atoms with Gasteiger partial charge in [-0.05, 0) is 50.8 Å². The van der Waals surface area contributed by atoms with E-state index in [2.05, 4.69) is 36.7 Å². The minimum Gasteiger partial charge on any atom is -0.351 e. The Balaban J connectivity index is 2.34. The normalized spacial score (nSPS) is 19.1. The molecule has 0 N–H and O–H groups in total. The number of aromatic nitrogens is 1. The van der Waals surface area contributed by atoms with Crippen LogP contribution < -0.4 is 4.90 Å². The monoisotopic (exact) mass is 238 g/mol. The number of anilines is 1. The molecule has 1 aromatic heterocycles. The van der Waals surface area contributed by atoms with E-state index in [-0.39, 0.29) is 5.54 Å². The Labute approximate surface area is 103 Å². The molecular weight excluding hydrogens is 220 g/mol. The first-order chi connectivity index (χ1) is 7.54. The van der Waals surface area contributed by atoms with Gasteiger partial charge in [0.2, 0.25) is 0 Å². The van der Waals surface area contributed by atoms with E-state index >= 15 is 0 Å². The molecule has 1 aliphatic heterocycles. The first kappa shape index (κ1) is 11.7. The number of nitrogens with zero attached hydrogens (tertiary/aromatic N) is 2. The van der Waals surface area contributed by atoms with Crippen LogP contribution in [-0.2, 0) is 5.88 Å². The van der Waals surface area contributed by atoms with Crippen molar-refractivity contribution >= 4 is 17.4 Å². The van der Waals surface area contributed by atoms with E-state index in [1.807, 2.05) is 6.20 Å². The summed E-state index contributed by atoms with van der Waals surface area (Å²) in [4.78, 5) is 6.99. The van der Waals surface area contributed by atoms with E-state index in [1.165, 1.54) is 18.4 Å². The van der Waals surface area contributed by atoms with Gasteiger partial charge in [0.15, 0.2) is 0 Å². The van der Waals surface area contributed by atoms with Crippen LogP contribution in [0.1, 0.15) is 37.8 Å². The van der Waals surface area contributed by atoms with E-state index in [0.717, 1.165) is 17.9 Å². The third-order valence-electron chi connectivity index (χ3n) is 3.42. The van der Waals surface area contributed by atoms with Gasteiger partial charge in [-0.25, -0.2) is 4.98 Å². The maximum absolute atomic E-state index is 5.81. The predicted molar refractivity (Wildman–Crippen MR) is 69.2 cm³/mol. The smallest absolute Gasteiger partial charge is 0.131 e. The second kappa shape index (κ2) is 4.25. The van der Waals surface area contributed by atoms with Gasteiger partial charge in [0.05, 0.1) is 0 Å². The Morgan fingerprint density at radius 1 is 1.50 bits per heavy atom. The first-order valence-electron chi connectivity index (χ1n) is 5.84. The van der Waals surface area contributed by atoms with Gasteiger partial charge in [0.25, 0.3) is 0 Å². The summed E-state index contributed by atoms with van der Waals surface area (Å²) in [6.07, 6.45) is 4.39. The van der Waals surface area contributed by atoms with E-state index in [4.69, 9.17) is 11.6 Å². The lowest BCUT2D eigenvalue weighted by atomic mass is 10.0. The molecule has 0 saturated carbocycles. The van der Waals surface area contributed by atoms with E-state index in [9.17, 15) is 0 Å². The second-order valence-electron chi connectivity index (χ2n) is 5.19.